The minimum Gasteiger partial charge on any atom is -0.384 e. The molecule has 0 spiro atoms. The lowest BCUT2D eigenvalue weighted by atomic mass is 10.1. The largest absolute Gasteiger partial charge is 0.384 e. The Morgan fingerprint density at radius 3 is 3.00 bits per heavy atom. The molecule has 1 aliphatic carbocycles. The van der Waals surface area contributed by atoms with Crippen LogP contribution >= 0.6 is 0 Å². The zero-order valence-electron chi connectivity index (χ0n) is 8.53. The second-order valence-electron chi connectivity index (χ2n) is 4.17. The van der Waals surface area contributed by atoms with E-state index in [0.717, 1.165) is 11.7 Å². The Morgan fingerprint density at radius 1 is 1.57 bits per heavy atom. The van der Waals surface area contributed by atoms with Crippen LogP contribution in [0.1, 0.15) is 26.2 Å². The Kier molecular flexibility index (Phi) is 2.57. The molecule has 1 fully saturated rings. The molecule has 14 heavy (non-hydrogen) atoms. The van der Waals surface area contributed by atoms with Crippen molar-refractivity contribution in [2.45, 2.75) is 32.2 Å². The maximum atomic E-state index is 5.60. The molecule has 1 atom stereocenters. The molecule has 1 saturated carbocycles. The van der Waals surface area contributed by atoms with Crippen LogP contribution in [0.4, 0.5) is 11.6 Å². The van der Waals surface area contributed by atoms with Crippen LogP contribution in [0.3, 0.4) is 0 Å². The van der Waals surface area contributed by atoms with E-state index in [4.69, 9.17) is 5.73 Å². The molecule has 2 rings (SSSR count). The number of nitrogens with two attached hydrogens (primary N) is 1. The van der Waals surface area contributed by atoms with Crippen LogP contribution in [0.25, 0.3) is 0 Å². The van der Waals surface area contributed by atoms with Crippen LogP contribution in [0.5, 0.6) is 0 Å². The maximum Gasteiger partial charge on any atom is 0.128 e. The predicted octanol–water partition coefficient (Wildman–Crippen LogP) is 2.26. The molecule has 76 valence electrons. The molecule has 1 aliphatic rings. The van der Waals surface area contributed by atoms with E-state index >= 15 is 0 Å². The smallest absolute Gasteiger partial charge is 0.128 e. The fourth-order valence-electron chi connectivity index (χ4n) is 1.70. The minimum absolute atomic E-state index is 0.497. The van der Waals surface area contributed by atoms with Gasteiger partial charge in [0.2, 0.25) is 0 Å². The number of anilines is 2. The van der Waals surface area contributed by atoms with Gasteiger partial charge < -0.3 is 11.1 Å². The van der Waals surface area contributed by atoms with Gasteiger partial charge in [0.25, 0.3) is 0 Å². The van der Waals surface area contributed by atoms with Crippen LogP contribution < -0.4 is 11.1 Å². The van der Waals surface area contributed by atoms with Crippen LogP contribution in [-0.2, 0) is 0 Å². The topological polar surface area (TPSA) is 50.9 Å². The summed E-state index contributed by atoms with van der Waals surface area (Å²) >= 11 is 0. The zero-order chi connectivity index (χ0) is 9.97. The molecule has 0 bridgehead atoms. The van der Waals surface area contributed by atoms with Crippen molar-refractivity contribution in [2.24, 2.45) is 5.92 Å². The summed E-state index contributed by atoms with van der Waals surface area (Å²) < 4.78 is 0. The average molecular weight is 191 g/mol. The second-order valence-corrected chi connectivity index (χ2v) is 4.17. The third-order valence-corrected chi connectivity index (χ3v) is 2.55. The fourth-order valence-corrected chi connectivity index (χ4v) is 1.70. The van der Waals surface area contributed by atoms with Crippen molar-refractivity contribution in [3.8, 4) is 0 Å². The first kappa shape index (κ1) is 9.31. The summed E-state index contributed by atoms with van der Waals surface area (Å²) in [7, 11) is 0. The van der Waals surface area contributed by atoms with Gasteiger partial charge in [-0.1, -0.05) is 18.9 Å². The third kappa shape index (κ3) is 2.62. The first-order valence-electron chi connectivity index (χ1n) is 5.23. The minimum atomic E-state index is 0.497. The predicted molar refractivity (Wildman–Crippen MR) is 59.1 cm³/mol. The van der Waals surface area contributed by atoms with E-state index in [9.17, 15) is 0 Å². The number of nitrogen functional groups attached to an aromatic ring is 1. The molecule has 3 N–H and O–H groups in total. The summed E-state index contributed by atoms with van der Waals surface area (Å²) in [5.41, 5.74) is 5.60. The SMILES string of the molecule is CC(CC1CC1)Nc1cccc(N)n1. The van der Waals surface area contributed by atoms with E-state index in [1.54, 1.807) is 6.07 Å². The Balaban J connectivity index is 1.88. The highest BCUT2D eigenvalue weighted by molar-refractivity contribution is 5.42. The van der Waals surface area contributed by atoms with Gasteiger partial charge in [0.15, 0.2) is 0 Å². The van der Waals surface area contributed by atoms with E-state index < -0.39 is 0 Å². The van der Waals surface area contributed by atoms with Crippen molar-refractivity contribution in [2.75, 3.05) is 11.1 Å². The summed E-state index contributed by atoms with van der Waals surface area (Å²) in [6.07, 6.45) is 4.04. The first-order valence-corrected chi connectivity index (χ1v) is 5.23. The monoisotopic (exact) mass is 191 g/mol. The standard InChI is InChI=1S/C11H17N3/c1-8(7-9-5-6-9)13-11-4-2-3-10(12)14-11/h2-4,8-9H,5-7H2,1H3,(H3,12,13,14). The summed E-state index contributed by atoms with van der Waals surface area (Å²) in [5, 5.41) is 3.36. The summed E-state index contributed by atoms with van der Waals surface area (Å²) in [4.78, 5) is 4.21. The number of pyridine rings is 1. The molecule has 0 aliphatic heterocycles. The molecule has 1 heterocycles. The quantitative estimate of drug-likeness (QED) is 0.767. The molecule has 3 heteroatoms. The second kappa shape index (κ2) is 3.86. The highest BCUT2D eigenvalue weighted by atomic mass is 15.0. The van der Waals surface area contributed by atoms with Gasteiger partial charge in [-0.25, -0.2) is 4.98 Å². The normalized spacial score (nSPS) is 17.8. The van der Waals surface area contributed by atoms with Gasteiger partial charge in [-0.05, 0) is 31.4 Å². The number of hydrogen-bond acceptors (Lipinski definition) is 3. The van der Waals surface area contributed by atoms with Gasteiger partial charge in [0.05, 0.1) is 0 Å². The Labute approximate surface area is 84.7 Å². The van der Waals surface area contributed by atoms with E-state index in [1.165, 1.54) is 19.3 Å². The van der Waals surface area contributed by atoms with Crippen molar-refractivity contribution in [1.82, 2.24) is 4.98 Å². The molecular weight excluding hydrogens is 174 g/mol. The van der Waals surface area contributed by atoms with Crippen LogP contribution in [0.15, 0.2) is 18.2 Å². The third-order valence-electron chi connectivity index (χ3n) is 2.55. The zero-order valence-corrected chi connectivity index (χ0v) is 8.53. The lowest BCUT2D eigenvalue weighted by Gasteiger charge is -2.13. The van der Waals surface area contributed by atoms with Crippen LogP contribution in [-0.4, -0.2) is 11.0 Å². The van der Waals surface area contributed by atoms with Gasteiger partial charge in [-0.2, -0.15) is 0 Å². The number of aromatic nitrogens is 1. The van der Waals surface area contributed by atoms with E-state index in [0.29, 0.717) is 11.9 Å². The highest BCUT2D eigenvalue weighted by Gasteiger charge is 2.23. The van der Waals surface area contributed by atoms with Crippen molar-refractivity contribution >= 4 is 11.6 Å². The molecule has 0 saturated heterocycles. The Bertz CT molecular complexity index is 307. The van der Waals surface area contributed by atoms with Crippen molar-refractivity contribution in [3.63, 3.8) is 0 Å². The molecular formula is C11H17N3. The Hall–Kier alpha value is -1.25. The van der Waals surface area contributed by atoms with E-state index in [2.05, 4.69) is 17.2 Å². The first-order chi connectivity index (χ1) is 6.74. The molecule has 1 aromatic rings. The number of nitrogens with one attached hydrogen (secondary N) is 1. The van der Waals surface area contributed by atoms with Crippen molar-refractivity contribution in [1.29, 1.82) is 0 Å². The molecule has 1 aromatic heterocycles. The summed E-state index contributed by atoms with van der Waals surface area (Å²) in [6.45, 7) is 2.20. The molecule has 0 amide bonds. The molecule has 0 radical (unpaired) electrons. The van der Waals surface area contributed by atoms with Gasteiger partial charge >= 0.3 is 0 Å². The van der Waals surface area contributed by atoms with Gasteiger partial charge in [0.1, 0.15) is 11.6 Å². The van der Waals surface area contributed by atoms with Crippen molar-refractivity contribution < 1.29 is 0 Å². The fraction of sp³-hybridized carbons (Fsp3) is 0.545. The lowest BCUT2D eigenvalue weighted by molar-refractivity contribution is 0.640. The Morgan fingerprint density at radius 2 is 2.36 bits per heavy atom. The number of rotatable bonds is 4. The number of hydrogen-bond donors (Lipinski definition) is 2. The van der Waals surface area contributed by atoms with Crippen molar-refractivity contribution in [3.05, 3.63) is 18.2 Å². The molecule has 0 aromatic carbocycles. The maximum absolute atomic E-state index is 5.60. The number of nitrogens with zero attached hydrogens (tertiary/aromatic N) is 1. The summed E-state index contributed by atoms with van der Waals surface area (Å²) in [5.74, 6) is 2.41. The molecule has 3 nitrogen and oxygen atoms in total. The van der Waals surface area contributed by atoms with Gasteiger partial charge in [-0.15, -0.1) is 0 Å². The van der Waals surface area contributed by atoms with Crippen LogP contribution in [0.2, 0.25) is 0 Å². The van der Waals surface area contributed by atoms with Gasteiger partial charge in [0, 0.05) is 6.04 Å². The lowest BCUT2D eigenvalue weighted by Crippen LogP contribution is -2.16. The highest BCUT2D eigenvalue weighted by Crippen LogP contribution is 2.33. The average Bonchev–Trinajstić information content (AvgIpc) is 2.87. The molecule has 1 unspecified atom stereocenters. The van der Waals surface area contributed by atoms with Crippen LogP contribution in [0, 0.1) is 5.92 Å². The summed E-state index contributed by atoms with van der Waals surface area (Å²) in [6, 6.07) is 6.18. The van der Waals surface area contributed by atoms with Gasteiger partial charge in [-0.3, -0.25) is 0 Å². The van der Waals surface area contributed by atoms with E-state index in [-0.39, 0.29) is 0 Å². The van der Waals surface area contributed by atoms with E-state index in [1.807, 2.05) is 12.1 Å².